The number of amides is 1. The first-order chi connectivity index (χ1) is 7.32. The topological polar surface area (TPSA) is 69.6 Å². The summed E-state index contributed by atoms with van der Waals surface area (Å²) in [6.45, 7) is 6.95. The highest BCUT2D eigenvalue weighted by Crippen LogP contribution is 1.97. The Morgan fingerprint density at radius 3 is 2.31 bits per heavy atom. The molecule has 1 unspecified atom stereocenters. The third kappa shape index (κ3) is 7.23. The minimum Gasteiger partial charge on any atom is -0.481 e. The Kier molecular flexibility index (Phi) is 6.72. The van der Waals surface area contributed by atoms with Gasteiger partial charge < -0.3 is 10.4 Å². The summed E-state index contributed by atoms with van der Waals surface area (Å²) in [6.07, 6.45) is 0. The predicted molar refractivity (Wildman–Crippen MR) is 62.1 cm³/mol. The number of carbonyl (C=O) groups is 2. The van der Waals surface area contributed by atoms with E-state index >= 15 is 0 Å². The van der Waals surface area contributed by atoms with Gasteiger partial charge in [0, 0.05) is 13.1 Å². The van der Waals surface area contributed by atoms with E-state index in [9.17, 15) is 9.59 Å². The van der Waals surface area contributed by atoms with Gasteiger partial charge in [0.15, 0.2) is 0 Å². The van der Waals surface area contributed by atoms with Crippen LogP contribution in [-0.2, 0) is 9.59 Å². The number of hydrogen-bond donors (Lipinski definition) is 2. The summed E-state index contributed by atoms with van der Waals surface area (Å²) in [5.74, 6) is -0.932. The minimum atomic E-state index is -0.838. The van der Waals surface area contributed by atoms with Crippen molar-refractivity contribution in [3.05, 3.63) is 0 Å². The summed E-state index contributed by atoms with van der Waals surface area (Å²) in [4.78, 5) is 23.7. The van der Waals surface area contributed by atoms with Crippen LogP contribution < -0.4 is 5.32 Å². The molecule has 5 nitrogen and oxygen atoms in total. The van der Waals surface area contributed by atoms with E-state index in [1.54, 1.807) is 18.9 Å². The number of likely N-dealkylation sites (N-methyl/N-ethyl adjacent to an activating group) is 1. The molecule has 0 rings (SSSR count). The first kappa shape index (κ1) is 14.9. The molecule has 5 heteroatoms. The van der Waals surface area contributed by atoms with Crippen LogP contribution in [0.5, 0.6) is 0 Å². The van der Waals surface area contributed by atoms with Gasteiger partial charge in [0.25, 0.3) is 0 Å². The number of carboxylic acid groups (broad SMARTS) is 1. The van der Waals surface area contributed by atoms with Gasteiger partial charge in [-0.15, -0.1) is 0 Å². The maximum Gasteiger partial charge on any atom is 0.307 e. The molecule has 0 radical (unpaired) electrons. The standard InChI is InChI=1S/C11H22N2O3/c1-8(2)5-12-10(14)7-13(4)6-9(3)11(15)16/h8-9H,5-7H2,1-4H3,(H,12,14)(H,15,16). The average Bonchev–Trinajstić information content (AvgIpc) is 2.14. The summed E-state index contributed by atoms with van der Waals surface area (Å²) in [7, 11) is 1.74. The Morgan fingerprint density at radius 2 is 1.88 bits per heavy atom. The van der Waals surface area contributed by atoms with Crippen molar-refractivity contribution in [1.82, 2.24) is 10.2 Å². The molecule has 0 saturated heterocycles. The van der Waals surface area contributed by atoms with E-state index in [4.69, 9.17) is 5.11 Å². The number of nitrogens with one attached hydrogen (secondary N) is 1. The zero-order chi connectivity index (χ0) is 12.7. The second-order valence-electron chi connectivity index (χ2n) is 4.63. The van der Waals surface area contributed by atoms with Gasteiger partial charge in [0.1, 0.15) is 0 Å². The molecule has 94 valence electrons. The average molecular weight is 230 g/mol. The van der Waals surface area contributed by atoms with Gasteiger partial charge in [-0.25, -0.2) is 0 Å². The molecule has 0 bridgehead atoms. The molecule has 0 saturated carbocycles. The first-order valence-electron chi connectivity index (χ1n) is 5.51. The fraction of sp³-hybridized carbons (Fsp3) is 0.818. The van der Waals surface area contributed by atoms with Crippen LogP contribution in [0.1, 0.15) is 20.8 Å². The Morgan fingerprint density at radius 1 is 1.31 bits per heavy atom. The van der Waals surface area contributed by atoms with Crippen molar-refractivity contribution in [2.75, 3.05) is 26.7 Å². The van der Waals surface area contributed by atoms with Crippen molar-refractivity contribution in [3.8, 4) is 0 Å². The van der Waals surface area contributed by atoms with E-state index in [2.05, 4.69) is 5.32 Å². The lowest BCUT2D eigenvalue weighted by Crippen LogP contribution is -2.39. The molecule has 0 aromatic carbocycles. The van der Waals surface area contributed by atoms with E-state index < -0.39 is 11.9 Å². The Balaban J connectivity index is 3.82. The molecule has 0 aliphatic heterocycles. The Bertz CT molecular complexity index is 241. The van der Waals surface area contributed by atoms with Crippen molar-refractivity contribution in [2.45, 2.75) is 20.8 Å². The maximum atomic E-state index is 11.4. The second-order valence-corrected chi connectivity index (χ2v) is 4.63. The normalized spacial score (nSPS) is 12.9. The fourth-order valence-corrected chi connectivity index (χ4v) is 1.23. The van der Waals surface area contributed by atoms with Gasteiger partial charge in [0.05, 0.1) is 12.5 Å². The van der Waals surface area contributed by atoms with Crippen molar-refractivity contribution in [3.63, 3.8) is 0 Å². The lowest BCUT2D eigenvalue weighted by Gasteiger charge is -2.18. The minimum absolute atomic E-state index is 0.0613. The van der Waals surface area contributed by atoms with E-state index in [1.165, 1.54) is 0 Å². The van der Waals surface area contributed by atoms with Gasteiger partial charge in [-0.05, 0) is 13.0 Å². The number of aliphatic carboxylic acids is 1. The van der Waals surface area contributed by atoms with Gasteiger partial charge in [-0.1, -0.05) is 20.8 Å². The molecule has 1 amide bonds. The largest absolute Gasteiger partial charge is 0.481 e. The Hall–Kier alpha value is -1.10. The molecule has 1 atom stereocenters. The van der Waals surface area contributed by atoms with Crippen LogP contribution in [-0.4, -0.2) is 48.6 Å². The van der Waals surface area contributed by atoms with Gasteiger partial charge >= 0.3 is 5.97 Å². The number of nitrogens with zero attached hydrogens (tertiary/aromatic N) is 1. The van der Waals surface area contributed by atoms with Crippen LogP contribution in [0.15, 0.2) is 0 Å². The number of carbonyl (C=O) groups excluding carboxylic acids is 1. The number of carboxylic acids is 1. The molecule has 0 aliphatic rings. The van der Waals surface area contributed by atoms with Crippen LogP contribution in [0, 0.1) is 11.8 Å². The fourth-order valence-electron chi connectivity index (χ4n) is 1.23. The van der Waals surface area contributed by atoms with E-state index in [-0.39, 0.29) is 12.5 Å². The zero-order valence-electron chi connectivity index (χ0n) is 10.5. The SMILES string of the molecule is CC(C)CNC(=O)CN(C)CC(C)C(=O)O. The van der Waals surface area contributed by atoms with Crippen LogP contribution >= 0.6 is 0 Å². The van der Waals surface area contributed by atoms with Crippen LogP contribution in [0.2, 0.25) is 0 Å². The lowest BCUT2D eigenvalue weighted by molar-refractivity contribution is -0.142. The second kappa shape index (κ2) is 7.22. The summed E-state index contributed by atoms with van der Waals surface area (Å²) in [6, 6.07) is 0. The first-order valence-corrected chi connectivity index (χ1v) is 5.51. The highest BCUT2D eigenvalue weighted by atomic mass is 16.4. The van der Waals surface area contributed by atoms with Crippen molar-refractivity contribution < 1.29 is 14.7 Å². The summed E-state index contributed by atoms with van der Waals surface area (Å²) < 4.78 is 0. The smallest absolute Gasteiger partial charge is 0.307 e. The molecular formula is C11H22N2O3. The van der Waals surface area contributed by atoms with Gasteiger partial charge in [-0.3, -0.25) is 14.5 Å². The highest BCUT2D eigenvalue weighted by molar-refractivity contribution is 5.78. The van der Waals surface area contributed by atoms with E-state index in [0.29, 0.717) is 19.0 Å². The van der Waals surface area contributed by atoms with Crippen LogP contribution in [0.25, 0.3) is 0 Å². The quantitative estimate of drug-likeness (QED) is 0.664. The maximum absolute atomic E-state index is 11.4. The molecule has 0 aliphatic carbocycles. The number of hydrogen-bond acceptors (Lipinski definition) is 3. The molecule has 0 heterocycles. The van der Waals surface area contributed by atoms with Crippen LogP contribution in [0.4, 0.5) is 0 Å². The van der Waals surface area contributed by atoms with Crippen molar-refractivity contribution >= 4 is 11.9 Å². The monoisotopic (exact) mass is 230 g/mol. The third-order valence-corrected chi connectivity index (χ3v) is 2.13. The summed E-state index contributed by atoms with van der Waals surface area (Å²) in [5, 5.41) is 11.5. The van der Waals surface area contributed by atoms with Crippen molar-refractivity contribution in [2.24, 2.45) is 11.8 Å². The molecule has 16 heavy (non-hydrogen) atoms. The zero-order valence-corrected chi connectivity index (χ0v) is 10.5. The molecular weight excluding hydrogens is 208 g/mol. The predicted octanol–water partition coefficient (Wildman–Crippen LogP) is 0.411. The van der Waals surface area contributed by atoms with E-state index in [0.717, 1.165) is 0 Å². The Labute approximate surface area is 96.8 Å². The van der Waals surface area contributed by atoms with Crippen molar-refractivity contribution in [1.29, 1.82) is 0 Å². The molecule has 0 aromatic heterocycles. The molecule has 0 aromatic rings. The molecule has 2 N–H and O–H groups in total. The summed E-state index contributed by atoms with van der Waals surface area (Å²) >= 11 is 0. The van der Waals surface area contributed by atoms with E-state index in [1.807, 2.05) is 13.8 Å². The highest BCUT2D eigenvalue weighted by Gasteiger charge is 2.15. The lowest BCUT2D eigenvalue weighted by atomic mass is 10.2. The molecule has 0 spiro atoms. The van der Waals surface area contributed by atoms with Gasteiger partial charge in [0.2, 0.25) is 5.91 Å². The number of rotatable bonds is 7. The summed E-state index contributed by atoms with van der Waals surface area (Å²) in [5.41, 5.74) is 0. The van der Waals surface area contributed by atoms with Gasteiger partial charge in [-0.2, -0.15) is 0 Å². The molecule has 0 fully saturated rings. The third-order valence-electron chi connectivity index (χ3n) is 2.13. The van der Waals surface area contributed by atoms with Crippen LogP contribution in [0.3, 0.4) is 0 Å².